The second-order valence-corrected chi connectivity index (χ2v) is 9.18. The largest absolute Gasteiger partial charge is 0.458 e. The lowest BCUT2D eigenvalue weighted by atomic mass is 9.55. The zero-order valence-corrected chi connectivity index (χ0v) is 17.0. The van der Waals surface area contributed by atoms with E-state index in [1.165, 1.54) is 0 Å². The first kappa shape index (κ1) is 21.9. The summed E-state index contributed by atoms with van der Waals surface area (Å²) >= 11 is 0. The second kappa shape index (κ2) is 7.67. The first-order chi connectivity index (χ1) is 14.1. The van der Waals surface area contributed by atoms with Gasteiger partial charge in [-0.15, -0.1) is 0 Å². The van der Waals surface area contributed by atoms with Gasteiger partial charge in [-0.1, -0.05) is 25.2 Å². The van der Waals surface area contributed by atoms with Gasteiger partial charge in [-0.2, -0.15) is 0 Å². The molecule has 0 amide bonds. The van der Waals surface area contributed by atoms with Crippen LogP contribution >= 0.6 is 0 Å². The summed E-state index contributed by atoms with van der Waals surface area (Å²) in [7, 11) is 0. The maximum atomic E-state index is 12.1. The maximum Gasteiger partial charge on any atom is 0.334 e. The van der Waals surface area contributed by atoms with Gasteiger partial charge in [0, 0.05) is 22.8 Å². The van der Waals surface area contributed by atoms with Gasteiger partial charge < -0.3 is 39.7 Å². The van der Waals surface area contributed by atoms with Crippen LogP contribution in [0.2, 0.25) is 0 Å². The minimum Gasteiger partial charge on any atom is -0.458 e. The van der Waals surface area contributed by atoms with Crippen molar-refractivity contribution in [2.24, 2.45) is 17.3 Å². The number of ether oxygens (including phenoxy) is 3. The molecule has 11 atom stereocenters. The Morgan fingerprint density at radius 3 is 2.60 bits per heavy atom. The Bertz CT molecular complexity index is 749. The maximum absolute atomic E-state index is 12.1. The van der Waals surface area contributed by atoms with Crippen LogP contribution in [0.25, 0.3) is 0 Å². The minimum absolute atomic E-state index is 0.0953. The third kappa shape index (κ3) is 3.15. The summed E-state index contributed by atoms with van der Waals surface area (Å²) in [6.07, 6.45) is -6.46. The number of hydrogen-bond acceptors (Lipinski definition) is 9. The molecule has 0 aromatic carbocycles. The summed E-state index contributed by atoms with van der Waals surface area (Å²) in [5, 5.41) is 50.7. The Labute approximate surface area is 174 Å². The van der Waals surface area contributed by atoms with E-state index in [-0.39, 0.29) is 11.8 Å². The SMILES string of the molecule is C=C1C(=O)O[C@@H]2[C@H]3C(C)=C[C@@H](O)[C@@H](O[C@@H]4O[C@H](CO)[C@@H](O)[C@H](O)[C@H]4O)[C@]3(C)CC[C@@H]12. The molecule has 0 aromatic rings. The monoisotopic (exact) mass is 426 g/mol. The third-order valence-electron chi connectivity index (χ3n) is 7.40. The van der Waals surface area contributed by atoms with Crippen LogP contribution in [0.3, 0.4) is 0 Å². The molecule has 0 bridgehead atoms. The van der Waals surface area contributed by atoms with Crippen LogP contribution in [0.1, 0.15) is 26.7 Å². The molecule has 4 aliphatic rings. The predicted octanol–water partition coefficient (Wildman–Crippen LogP) is -0.994. The number of fused-ring (bicyclic) bond motifs is 3. The van der Waals surface area contributed by atoms with Crippen molar-refractivity contribution in [2.45, 2.75) is 75.7 Å². The van der Waals surface area contributed by atoms with Gasteiger partial charge in [0.1, 0.15) is 30.5 Å². The van der Waals surface area contributed by atoms with Gasteiger partial charge in [-0.25, -0.2) is 4.79 Å². The lowest BCUT2D eigenvalue weighted by Gasteiger charge is -2.55. The molecular weight excluding hydrogens is 396 g/mol. The molecule has 4 rings (SSSR count). The van der Waals surface area contributed by atoms with Crippen molar-refractivity contribution in [3.63, 3.8) is 0 Å². The van der Waals surface area contributed by atoms with E-state index in [0.29, 0.717) is 18.4 Å². The van der Waals surface area contributed by atoms with Crippen molar-refractivity contribution in [3.8, 4) is 0 Å². The highest BCUT2D eigenvalue weighted by molar-refractivity contribution is 5.91. The Balaban J connectivity index is 1.63. The zero-order chi connectivity index (χ0) is 22.0. The van der Waals surface area contributed by atoms with Gasteiger partial charge in [0.25, 0.3) is 0 Å². The molecule has 9 heteroatoms. The van der Waals surface area contributed by atoms with Crippen molar-refractivity contribution < 1.29 is 44.5 Å². The molecular formula is C21H30O9. The van der Waals surface area contributed by atoms with E-state index < -0.39 is 67.0 Å². The van der Waals surface area contributed by atoms with Gasteiger partial charge >= 0.3 is 5.97 Å². The van der Waals surface area contributed by atoms with E-state index in [0.717, 1.165) is 5.57 Å². The molecule has 2 saturated heterocycles. The molecule has 168 valence electrons. The number of rotatable bonds is 3. The molecule has 9 nitrogen and oxygen atoms in total. The highest BCUT2D eigenvalue weighted by Crippen LogP contribution is 2.57. The third-order valence-corrected chi connectivity index (χ3v) is 7.40. The van der Waals surface area contributed by atoms with Crippen molar-refractivity contribution >= 4 is 5.97 Å². The Hall–Kier alpha value is -1.33. The molecule has 2 heterocycles. The number of hydrogen-bond donors (Lipinski definition) is 5. The number of carbonyl (C=O) groups excluding carboxylic acids is 1. The second-order valence-electron chi connectivity index (χ2n) is 9.18. The van der Waals surface area contributed by atoms with E-state index in [4.69, 9.17) is 14.2 Å². The van der Waals surface area contributed by atoms with Crippen LogP contribution in [0.15, 0.2) is 23.8 Å². The van der Waals surface area contributed by atoms with Crippen molar-refractivity contribution in [1.82, 2.24) is 0 Å². The highest BCUT2D eigenvalue weighted by Gasteiger charge is 2.60. The first-order valence-corrected chi connectivity index (χ1v) is 10.3. The van der Waals surface area contributed by atoms with E-state index in [1.807, 2.05) is 13.8 Å². The summed E-state index contributed by atoms with van der Waals surface area (Å²) in [6, 6.07) is 0. The predicted molar refractivity (Wildman–Crippen MR) is 102 cm³/mol. The minimum atomic E-state index is -1.57. The molecule has 0 radical (unpaired) electrons. The lowest BCUT2D eigenvalue weighted by Crippen LogP contribution is -2.63. The normalized spacial score (nSPS) is 51.1. The number of esters is 1. The fourth-order valence-corrected chi connectivity index (χ4v) is 5.78. The van der Waals surface area contributed by atoms with E-state index in [9.17, 15) is 30.3 Å². The van der Waals surface area contributed by atoms with Crippen molar-refractivity contribution in [1.29, 1.82) is 0 Å². The fourth-order valence-electron chi connectivity index (χ4n) is 5.78. The van der Waals surface area contributed by atoms with Crippen molar-refractivity contribution in [3.05, 3.63) is 23.8 Å². The average Bonchev–Trinajstić information content (AvgIpc) is 2.98. The zero-order valence-electron chi connectivity index (χ0n) is 17.0. The Morgan fingerprint density at radius 1 is 1.23 bits per heavy atom. The van der Waals surface area contributed by atoms with Gasteiger partial charge in [-0.3, -0.25) is 0 Å². The van der Waals surface area contributed by atoms with Gasteiger partial charge in [0.15, 0.2) is 6.29 Å². The van der Waals surface area contributed by atoms with E-state index in [2.05, 4.69) is 6.58 Å². The molecule has 0 unspecified atom stereocenters. The summed E-state index contributed by atoms with van der Waals surface area (Å²) in [5.74, 6) is -0.723. The van der Waals surface area contributed by atoms with Crippen LogP contribution < -0.4 is 0 Å². The van der Waals surface area contributed by atoms with E-state index >= 15 is 0 Å². The number of carbonyl (C=O) groups is 1. The van der Waals surface area contributed by atoms with E-state index in [1.54, 1.807) is 6.08 Å². The Morgan fingerprint density at radius 2 is 1.93 bits per heavy atom. The fraction of sp³-hybridized carbons (Fsp3) is 0.762. The van der Waals surface area contributed by atoms with Crippen LogP contribution in [-0.2, 0) is 19.0 Å². The lowest BCUT2D eigenvalue weighted by molar-refractivity contribution is -0.330. The van der Waals surface area contributed by atoms with Crippen LogP contribution in [-0.4, -0.2) is 87.1 Å². The molecule has 2 aliphatic carbocycles. The molecule has 2 aliphatic heterocycles. The smallest absolute Gasteiger partial charge is 0.334 e. The molecule has 3 fully saturated rings. The van der Waals surface area contributed by atoms with Crippen LogP contribution in [0.4, 0.5) is 0 Å². The molecule has 30 heavy (non-hydrogen) atoms. The summed E-state index contributed by atoms with van der Waals surface area (Å²) in [5.41, 5.74) is 0.701. The van der Waals surface area contributed by atoms with Gasteiger partial charge in [-0.05, 0) is 19.8 Å². The quantitative estimate of drug-likeness (QED) is 0.218. The topological polar surface area (TPSA) is 146 Å². The number of aliphatic hydroxyl groups excluding tert-OH is 5. The van der Waals surface area contributed by atoms with Crippen molar-refractivity contribution in [2.75, 3.05) is 6.61 Å². The molecule has 5 N–H and O–H groups in total. The number of aliphatic hydroxyl groups is 5. The van der Waals surface area contributed by atoms with Crippen LogP contribution in [0, 0.1) is 17.3 Å². The standard InChI is InChI=1S/C21H30O9/c1-8-6-11(23)18(30-20-16(26)15(25)14(24)12(7-22)28-20)21(3)5-4-10-9(2)19(27)29-17(10)13(8)21/h6,10-18,20,22-26H,2,4-5,7H2,1,3H3/t10-,11+,12+,13+,14+,15-,16+,17-,18+,20-,21+/m0/s1. The Kier molecular flexibility index (Phi) is 5.59. The molecule has 1 saturated carbocycles. The highest BCUT2D eigenvalue weighted by atomic mass is 16.7. The molecule has 0 spiro atoms. The van der Waals surface area contributed by atoms with Gasteiger partial charge in [0.05, 0.1) is 18.8 Å². The summed E-state index contributed by atoms with van der Waals surface area (Å²) < 4.78 is 17.1. The van der Waals surface area contributed by atoms with Gasteiger partial charge in [0.2, 0.25) is 0 Å². The summed E-state index contributed by atoms with van der Waals surface area (Å²) in [6.45, 7) is 7.13. The summed E-state index contributed by atoms with van der Waals surface area (Å²) in [4.78, 5) is 12.1. The molecule has 0 aromatic heterocycles. The van der Waals surface area contributed by atoms with Crippen LogP contribution in [0.5, 0.6) is 0 Å². The first-order valence-electron chi connectivity index (χ1n) is 10.3. The average molecular weight is 426 g/mol.